The molecule has 5 nitrogen and oxygen atoms in total. The molecule has 31 heavy (non-hydrogen) atoms. The second-order valence-electron chi connectivity index (χ2n) is 8.12. The van der Waals surface area contributed by atoms with Crippen molar-refractivity contribution in [1.82, 2.24) is 9.21 Å². The predicted molar refractivity (Wildman–Crippen MR) is 125 cm³/mol. The lowest BCUT2D eigenvalue weighted by Crippen LogP contribution is -2.35. The Morgan fingerprint density at radius 3 is 2.26 bits per heavy atom. The van der Waals surface area contributed by atoms with Crippen LogP contribution in [-0.2, 0) is 42.4 Å². The van der Waals surface area contributed by atoms with Crippen LogP contribution < -0.4 is 0 Å². The molecule has 0 atom stereocenters. The summed E-state index contributed by atoms with van der Waals surface area (Å²) in [6, 6.07) is 19.6. The number of fused-ring (bicyclic) bond motifs is 1. The monoisotopic (exact) mass is 460 g/mol. The van der Waals surface area contributed by atoms with Crippen LogP contribution in [0.4, 0.5) is 0 Å². The van der Waals surface area contributed by atoms with Crippen LogP contribution in [0.1, 0.15) is 28.2 Å². The van der Waals surface area contributed by atoms with E-state index >= 15 is 0 Å². The highest BCUT2D eigenvalue weighted by Crippen LogP contribution is 2.28. The maximum atomic E-state index is 13.2. The molecule has 0 radical (unpaired) electrons. The molecule has 0 bridgehead atoms. The third kappa shape index (κ3) is 5.57. The average molecular weight is 461 g/mol. The smallest absolute Gasteiger partial charge is 0.243 e. The van der Waals surface area contributed by atoms with Gasteiger partial charge in [-0.25, -0.2) is 8.42 Å². The number of sulfonamides is 1. The van der Waals surface area contributed by atoms with Crippen LogP contribution in [0.3, 0.4) is 0 Å². The quantitative estimate of drug-likeness (QED) is 0.527. The van der Waals surface area contributed by atoms with Crippen LogP contribution in [-0.4, -0.2) is 38.3 Å². The maximum Gasteiger partial charge on any atom is 0.243 e. The first-order valence-electron chi connectivity index (χ1n) is 10.3. The molecule has 2 aromatic carbocycles. The minimum absolute atomic E-state index is 0. The van der Waals surface area contributed by atoms with Gasteiger partial charge in [0, 0.05) is 25.1 Å². The molecule has 7 heteroatoms. The van der Waals surface area contributed by atoms with Crippen LogP contribution in [0.25, 0.3) is 0 Å². The van der Waals surface area contributed by atoms with Crippen molar-refractivity contribution >= 4 is 22.4 Å². The topological polar surface area (TPSA) is 53.8 Å². The van der Waals surface area contributed by atoms with Gasteiger partial charge in [0.2, 0.25) is 10.0 Å². The number of hydrogen-bond donors (Lipinski definition) is 0. The van der Waals surface area contributed by atoms with Crippen molar-refractivity contribution in [3.05, 3.63) is 88.9 Å². The van der Waals surface area contributed by atoms with Gasteiger partial charge < -0.3 is 9.32 Å². The van der Waals surface area contributed by atoms with Crippen LogP contribution in [0.5, 0.6) is 0 Å². The van der Waals surface area contributed by atoms with Gasteiger partial charge in [-0.05, 0) is 56.3 Å². The van der Waals surface area contributed by atoms with Crippen molar-refractivity contribution in [3.63, 3.8) is 0 Å². The van der Waals surface area contributed by atoms with E-state index in [0.29, 0.717) is 31.0 Å². The number of aryl methyl sites for hydroxylation is 2. The number of hydrogen-bond acceptors (Lipinski definition) is 4. The Hall–Kier alpha value is -2.12. The van der Waals surface area contributed by atoms with E-state index in [2.05, 4.69) is 12.1 Å². The third-order valence-corrected chi connectivity index (χ3v) is 7.32. The first-order chi connectivity index (χ1) is 14.4. The lowest BCUT2D eigenvalue weighted by molar-refractivity contribution is 0.325. The first-order valence-corrected chi connectivity index (χ1v) is 11.7. The largest absolute Gasteiger partial charge is 0.464 e. The molecule has 0 unspecified atom stereocenters. The lowest BCUT2D eigenvalue weighted by atomic mass is 10.0. The molecule has 0 amide bonds. The molecule has 0 saturated carbocycles. The van der Waals surface area contributed by atoms with Gasteiger partial charge in [0.15, 0.2) is 0 Å². The summed E-state index contributed by atoms with van der Waals surface area (Å²) in [6.45, 7) is 1.52. The molecular weight excluding hydrogens is 432 g/mol. The maximum absolute atomic E-state index is 13.2. The number of furan rings is 1. The number of rotatable bonds is 7. The molecule has 166 valence electrons. The number of nitrogens with zero attached hydrogens (tertiary/aromatic N) is 2. The second kappa shape index (κ2) is 10.0. The molecule has 1 aliphatic rings. The van der Waals surface area contributed by atoms with Gasteiger partial charge >= 0.3 is 0 Å². The van der Waals surface area contributed by atoms with Crippen molar-refractivity contribution in [2.75, 3.05) is 20.6 Å². The fourth-order valence-corrected chi connectivity index (χ4v) is 5.29. The van der Waals surface area contributed by atoms with E-state index in [1.165, 1.54) is 5.56 Å². The Morgan fingerprint density at radius 1 is 0.968 bits per heavy atom. The van der Waals surface area contributed by atoms with Gasteiger partial charge in [-0.15, -0.1) is 12.4 Å². The average Bonchev–Trinajstić information content (AvgIpc) is 3.14. The Labute approximate surface area is 191 Å². The summed E-state index contributed by atoms with van der Waals surface area (Å²) < 4.78 is 33.8. The highest BCUT2D eigenvalue weighted by Gasteiger charge is 2.30. The van der Waals surface area contributed by atoms with E-state index < -0.39 is 10.0 Å². The van der Waals surface area contributed by atoms with Crippen LogP contribution in [0, 0.1) is 0 Å². The predicted octanol–water partition coefficient (Wildman–Crippen LogP) is 4.30. The van der Waals surface area contributed by atoms with E-state index in [9.17, 15) is 8.42 Å². The molecule has 0 saturated heterocycles. The zero-order valence-electron chi connectivity index (χ0n) is 18.0. The number of halogens is 1. The molecule has 3 aromatic rings. The fourth-order valence-electron chi connectivity index (χ4n) is 3.87. The van der Waals surface area contributed by atoms with Gasteiger partial charge in [0.05, 0.1) is 11.4 Å². The van der Waals surface area contributed by atoms with Crippen molar-refractivity contribution < 1.29 is 12.8 Å². The molecule has 0 N–H and O–H groups in total. The van der Waals surface area contributed by atoms with Gasteiger partial charge in [-0.1, -0.05) is 42.5 Å². The Bertz CT molecular complexity index is 1090. The summed E-state index contributed by atoms with van der Waals surface area (Å²) in [5.41, 5.74) is 3.40. The molecule has 0 spiro atoms. The summed E-state index contributed by atoms with van der Waals surface area (Å²) in [5, 5.41) is 0. The summed E-state index contributed by atoms with van der Waals surface area (Å²) >= 11 is 0. The van der Waals surface area contributed by atoms with Crippen LogP contribution in [0.2, 0.25) is 0 Å². The van der Waals surface area contributed by atoms with Gasteiger partial charge in [-0.2, -0.15) is 4.31 Å². The highest BCUT2D eigenvalue weighted by molar-refractivity contribution is 7.89. The van der Waals surface area contributed by atoms with Crippen molar-refractivity contribution in [2.45, 2.75) is 37.2 Å². The van der Waals surface area contributed by atoms with Crippen LogP contribution >= 0.6 is 12.4 Å². The van der Waals surface area contributed by atoms with E-state index in [0.717, 1.165) is 35.5 Å². The normalized spacial score (nSPS) is 14.3. The second-order valence-corrected chi connectivity index (χ2v) is 10.1. The van der Waals surface area contributed by atoms with Gasteiger partial charge in [0.1, 0.15) is 11.5 Å². The summed E-state index contributed by atoms with van der Waals surface area (Å²) in [4.78, 5) is 2.39. The third-order valence-electron chi connectivity index (χ3n) is 5.46. The molecule has 0 aliphatic carbocycles. The van der Waals surface area contributed by atoms with E-state index in [1.807, 2.05) is 55.4 Å². The zero-order chi connectivity index (χ0) is 21.1. The van der Waals surface area contributed by atoms with Gasteiger partial charge in [0.25, 0.3) is 0 Å². The zero-order valence-corrected chi connectivity index (χ0v) is 19.6. The molecule has 2 heterocycles. The summed E-state index contributed by atoms with van der Waals surface area (Å²) in [6.07, 6.45) is 2.44. The van der Waals surface area contributed by atoms with Gasteiger partial charge in [-0.3, -0.25) is 0 Å². The fraction of sp³-hybridized carbons (Fsp3) is 0.333. The number of benzene rings is 2. The standard InChI is InChI=1S/C24H28N2O3S.ClH/c1-25(2)18-22-16-21-17-26(15-14-24(21)29-22)30(27,28)23-12-10-20(11-13-23)9-8-19-6-4-3-5-7-19;/h3-7,10-13,16H,8-9,14-15,17-18H2,1-2H3;1H. The molecule has 1 aromatic heterocycles. The van der Waals surface area contributed by atoms with E-state index in [-0.39, 0.29) is 12.4 Å². The lowest BCUT2D eigenvalue weighted by Gasteiger charge is -2.25. The summed E-state index contributed by atoms with van der Waals surface area (Å²) in [7, 11) is 0.455. The molecule has 0 fully saturated rings. The Kier molecular flexibility index (Phi) is 7.59. The molecule has 1 aliphatic heterocycles. The van der Waals surface area contributed by atoms with Crippen LogP contribution in [0.15, 0.2) is 70.0 Å². The first kappa shape index (κ1) is 23.5. The minimum Gasteiger partial charge on any atom is -0.464 e. The van der Waals surface area contributed by atoms with E-state index in [1.54, 1.807) is 16.4 Å². The van der Waals surface area contributed by atoms with Crippen molar-refractivity contribution in [1.29, 1.82) is 0 Å². The summed E-state index contributed by atoms with van der Waals surface area (Å²) in [5.74, 6) is 1.79. The minimum atomic E-state index is -3.52. The SMILES string of the molecule is CN(C)Cc1cc2c(o1)CCN(S(=O)(=O)c1ccc(CCc3ccccc3)cc1)C2.Cl. The molecular formula is C24H29ClN2O3S. The van der Waals surface area contributed by atoms with E-state index in [4.69, 9.17) is 4.42 Å². The Morgan fingerprint density at radius 2 is 1.61 bits per heavy atom. The van der Waals surface area contributed by atoms with Crippen molar-refractivity contribution in [3.8, 4) is 0 Å². The highest BCUT2D eigenvalue weighted by atomic mass is 35.5. The Balaban J connectivity index is 0.00000272. The molecule has 4 rings (SSSR count). The van der Waals surface area contributed by atoms with Crippen molar-refractivity contribution in [2.24, 2.45) is 0 Å².